The Balaban J connectivity index is 1.74. The van der Waals surface area contributed by atoms with E-state index in [1.165, 1.54) is 6.26 Å². The highest BCUT2D eigenvalue weighted by molar-refractivity contribution is 7.90. The molecule has 134 valence electrons. The molecule has 0 radical (unpaired) electrons. The van der Waals surface area contributed by atoms with E-state index in [0.717, 1.165) is 11.3 Å². The van der Waals surface area contributed by atoms with Crippen LogP contribution >= 0.6 is 0 Å². The quantitative estimate of drug-likeness (QED) is 0.750. The summed E-state index contributed by atoms with van der Waals surface area (Å²) < 4.78 is 24.7. The zero-order chi connectivity index (χ0) is 18.7. The standard InChI is InChI=1S/C19H19N3O3S/c1-14(15-7-9-18(10-8-15)26(2,24)25)21-19(23)16-5-3-6-17(13-16)22-12-4-11-20-22/h3-14H,1-2H3,(H,21,23). The summed E-state index contributed by atoms with van der Waals surface area (Å²) in [6, 6.07) is 15.2. The number of carbonyl (C=O) groups is 1. The fourth-order valence-corrected chi connectivity index (χ4v) is 3.21. The molecule has 7 heteroatoms. The molecule has 3 rings (SSSR count). The fraction of sp³-hybridized carbons (Fsp3) is 0.158. The minimum Gasteiger partial charge on any atom is -0.346 e. The number of nitrogens with one attached hydrogen (secondary N) is 1. The predicted octanol–water partition coefficient (Wildman–Crippen LogP) is 2.77. The molecular weight excluding hydrogens is 350 g/mol. The number of rotatable bonds is 5. The maximum atomic E-state index is 12.5. The third-order valence-corrected chi connectivity index (χ3v) is 5.16. The van der Waals surface area contributed by atoms with Gasteiger partial charge >= 0.3 is 0 Å². The van der Waals surface area contributed by atoms with Gasteiger partial charge in [-0.2, -0.15) is 5.10 Å². The van der Waals surface area contributed by atoms with E-state index >= 15 is 0 Å². The third-order valence-electron chi connectivity index (χ3n) is 4.03. The van der Waals surface area contributed by atoms with Crippen molar-refractivity contribution in [1.29, 1.82) is 0 Å². The lowest BCUT2D eigenvalue weighted by molar-refractivity contribution is 0.0940. The van der Waals surface area contributed by atoms with Crippen molar-refractivity contribution in [2.24, 2.45) is 0 Å². The molecule has 1 amide bonds. The van der Waals surface area contributed by atoms with Crippen molar-refractivity contribution in [3.63, 3.8) is 0 Å². The molecule has 0 aliphatic carbocycles. The van der Waals surface area contributed by atoms with Crippen LogP contribution in [0.3, 0.4) is 0 Å². The van der Waals surface area contributed by atoms with Crippen molar-refractivity contribution in [3.05, 3.63) is 78.1 Å². The Morgan fingerprint density at radius 1 is 1.12 bits per heavy atom. The van der Waals surface area contributed by atoms with Gasteiger partial charge in [0.2, 0.25) is 0 Å². The van der Waals surface area contributed by atoms with E-state index < -0.39 is 9.84 Å². The van der Waals surface area contributed by atoms with Crippen molar-refractivity contribution in [2.75, 3.05) is 6.26 Å². The molecule has 0 saturated carbocycles. The van der Waals surface area contributed by atoms with E-state index in [9.17, 15) is 13.2 Å². The molecule has 6 nitrogen and oxygen atoms in total. The van der Waals surface area contributed by atoms with Gasteiger partial charge < -0.3 is 5.32 Å². The van der Waals surface area contributed by atoms with Gasteiger partial charge in [0.1, 0.15) is 0 Å². The number of hydrogen-bond donors (Lipinski definition) is 1. The molecule has 2 aromatic carbocycles. The van der Waals surface area contributed by atoms with Crippen LogP contribution in [0.2, 0.25) is 0 Å². The van der Waals surface area contributed by atoms with Crippen LogP contribution in [0.1, 0.15) is 28.9 Å². The van der Waals surface area contributed by atoms with E-state index in [4.69, 9.17) is 0 Å². The zero-order valence-corrected chi connectivity index (χ0v) is 15.3. The number of benzene rings is 2. The SMILES string of the molecule is CC(NC(=O)c1cccc(-n2cccn2)c1)c1ccc(S(C)(=O)=O)cc1. The first-order valence-electron chi connectivity index (χ1n) is 8.05. The molecule has 0 fully saturated rings. The van der Waals surface area contributed by atoms with Gasteiger partial charge in [-0.1, -0.05) is 18.2 Å². The summed E-state index contributed by atoms with van der Waals surface area (Å²) in [5, 5.41) is 7.08. The van der Waals surface area contributed by atoms with E-state index in [-0.39, 0.29) is 16.8 Å². The second kappa shape index (κ2) is 7.13. The molecule has 1 N–H and O–H groups in total. The van der Waals surface area contributed by atoms with Gasteiger partial charge in [-0.3, -0.25) is 4.79 Å². The Bertz CT molecular complexity index is 1010. The highest BCUT2D eigenvalue weighted by Crippen LogP contribution is 2.17. The summed E-state index contributed by atoms with van der Waals surface area (Å²) in [6.45, 7) is 1.85. The van der Waals surface area contributed by atoms with Crippen molar-refractivity contribution in [3.8, 4) is 5.69 Å². The van der Waals surface area contributed by atoms with E-state index in [1.807, 2.05) is 25.3 Å². The molecule has 0 saturated heterocycles. The minimum absolute atomic E-state index is 0.210. The summed E-state index contributed by atoms with van der Waals surface area (Å²) in [4.78, 5) is 12.8. The van der Waals surface area contributed by atoms with Crippen molar-refractivity contribution >= 4 is 15.7 Å². The molecule has 3 aromatic rings. The van der Waals surface area contributed by atoms with Crippen molar-refractivity contribution in [2.45, 2.75) is 17.9 Å². The van der Waals surface area contributed by atoms with Crippen molar-refractivity contribution < 1.29 is 13.2 Å². The summed E-state index contributed by atoms with van der Waals surface area (Å²) in [6.07, 6.45) is 4.65. The van der Waals surface area contributed by atoms with E-state index in [1.54, 1.807) is 53.3 Å². The fourth-order valence-electron chi connectivity index (χ4n) is 2.58. The number of carbonyl (C=O) groups excluding carboxylic acids is 1. The molecule has 0 spiro atoms. The molecule has 0 aliphatic rings. The van der Waals surface area contributed by atoms with Crippen LogP contribution in [0, 0.1) is 0 Å². The lowest BCUT2D eigenvalue weighted by atomic mass is 10.1. The van der Waals surface area contributed by atoms with Crippen LogP contribution < -0.4 is 5.32 Å². The van der Waals surface area contributed by atoms with Crippen LogP contribution in [0.4, 0.5) is 0 Å². The summed E-state index contributed by atoms with van der Waals surface area (Å²) >= 11 is 0. The normalized spacial score (nSPS) is 12.5. The van der Waals surface area contributed by atoms with Crippen LogP contribution in [0.15, 0.2) is 71.9 Å². The Labute approximate surface area is 152 Å². The van der Waals surface area contributed by atoms with E-state index in [2.05, 4.69) is 10.4 Å². The topological polar surface area (TPSA) is 81.1 Å². The van der Waals surface area contributed by atoms with Gasteiger partial charge in [0.05, 0.1) is 16.6 Å². The highest BCUT2D eigenvalue weighted by Gasteiger charge is 2.13. The van der Waals surface area contributed by atoms with Gasteiger partial charge in [0, 0.05) is 24.2 Å². The largest absolute Gasteiger partial charge is 0.346 e. The van der Waals surface area contributed by atoms with Gasteiger partial charge in [0.25, 0.3) is 5.91 Å². The smallest absolute Gasteiger partial charge is 0.251 e. The molecule has 1 heterocycles. The van der Waals surface area contributed by atoms with Gasteiger partial charge in [-0.25, -0.2) is 13.1 Å². The molecular formula is C19H19N3O3S. The highest BCUT2D eigenvalue weighted by atomic mass is 32.2. The maximum Gasteiger partial charge on any atom is 0.251 e. The second-order valence-electron chi connectivity index (χ2n) is 6.04. The van der Waals surface area contributed by atoms with Gasteiger partial charge in [0.15, 0.2) is 9.84 Å². The van der Waals surface area contributed by atoms with Crippen LogP contribution in [0.5, 0.6) is 0 Å². The number of aromatic nitrogens is 2. The zero-order valence-electron chi connectivity index (χ0n) is 14.5. The third kappa shape index (κ3) is 4.00. The van der Waals surface area contributed by atoms with Crippen LogP contribution in [-0.4, -0.2) is 30.4 Å². The Morgan fingerprint density at radius 3 is 2.46 bits per heavy atom. The molecule has 1 unspecified atom stereocenters. The molecule has 0 bridgehead atoms. The minimum atomic E-state index is -3.23. The Hall–Kier alpha value is -2.93. The van der Waals surface area contributed by atoms with Gasteiger partial charge in [-0.15, -0.1) is 0 Å². The molecule has 26 heavy (non-hydrogen) atoms. The second-order valence-corrected chi connectivity index (χ2v) is 8.05. The Morgan fingerprint density at radius 2 is 1.85 bits per heavy atom. The van der Waals surface area contributed by atoms with Crippen LogP contribution in [0.25, 0.3) is 5.69 Å². The number of nitrogens with zero attached hydrogens (tertiary/aromatic N) is 2. The monoisotopic (exact) mass is 369 g/mol. The Kier molecular flexibility index (Phi) is 4.90. The van der Waals surface area contributed by atoms with Crippen molar-refractivity contribution in [1.82, 2.24) is 15.1 Å². The first-order valence-corrected chi connectivity index (χ1v) is 9.95. The lowest BCUT2D eigenvalue weighted by Crippen LogP contribution is -2.26. The van der Waals surface area contributed by atoms with Gasteiger partial charge in [-0.05, 0) is 48.9 Å². The van der Waals surface area contributed by atoms with Crippen LogP contribution in [-0.2, 0) is 9.84 Å². The van der Waals surface area contributed by atoms with E-state index in [0.29, 0.717) is 5.56 Å². The summed E-state index contributed by atoms with van der Waals surface area (Å²) in [5.41, 5.74) is 2.15. The average Bonchev–Trinajstić information content (AvgIpc) is 3.16. The summed E-state index contributed by atoms with van der Waals surface area (Å²) in [7, 11) is -3.23. The molecule has 1 aromatic heterocycles. The number of hydrogen-bond acceptors (Lipinski definition) is 4. The maximum absolute atomic E-state index is 12.5. The first-order chi connectivity index (χ1) is 12.3. The average molecular weight is 369 g/mol. The lowest BCUT2D eigenvalue weighted by Gasteiger charge is -2.15. The molecule has 0 aliphatic heterocycles. The number of sulfone groups is 1. The predicted molar refractivity (Wildman–Crippen MR) is 99.0 cm³/mol. The summed E-state index contributed by atoms with van der Waals surface area (Å²) in [5.74, 6) is -0.210. The first kappa shape index (κ1) is 17.9. The number of amides is 1. The molecule has 1 atom stereocenters.